The van der Waals surface area contributed by atoms with Crippen LogP contribution in [0.4, 0.5) is 9.59 Å². The van der Waals surface area contributed by atoms with Crippen molar-refractivity contribution >= 4 is 12.2 Å². The molecule has 1 aliphatic rings. The van der Waals surface area contributed by atoms with Gasteiger partial charge >= 0.3 is 12.2 Å². The van der Waals surface area contributed by atoms with Crippen LogP contribution in [0.3, 0.4) is 0 Å². The third kappa shape index (κ3) is 9.82. The molecule has 3 rings (SSSR count). The van der Waals surface area contributed by atoms with E-state index >= 15 is 0 Å². The van der Waals surface area contributed by atoms with E-state index in [1.54, 1.807) is 31.9 Å². The predicted octanol–water partition coefficient (Wildman–Crippen LogP) is 6.83. The summed E-state index contributed by atoms with van der Waals surface area (Å²) in [5.41, 5.74) is 1.62. The number of alkyl carbamates (subject to hydrolysis) is 1. The predicted molar refractivity (Wildman–Crippen MR) is 170 cm³/mol. The molecule has 2 amide bonds. The summed E-state index contributed by atoms with van der Waals surface area (Å²) >= 11 is 0. The summed E-state index contributed by atoms with van der Waals surface area (Å²) in [6.07, 6.45) is 3.73. The van der Waals surface area contributed by atoms with Crippen molar-refractivity contribution in [2.75, 3.05) is 6.54 Å². The SMILES string of the molecule is C=CCc1cccc(C[C@H](NC(=O)OC(C)(C)C)[C@H](O)CN(C(=O)OC(C)(C)C)C2(c3cc(C(C)(C)C)ccn3)CC2)c1. The first-order valence-corrected chi connectivity index (χ1v) is 15.2. The van der Waals surface area contributed by atoms with E-state index in [0.29, 0.717) is 25.7 Å². The van der Waals surface area contributed by atoms with Gasteiger partial charge in [-0.1, -0.05) is 51.1 Å². The van der Waals surface area contributed by atoms with E-state index in [4.69, 9.17) is 14.5 Å². The molecule has 0 radical (unpaired) electrons. The largest absolute Gasteiger partial charge is 0.444 e. The number of allylic oxidation sites excluding steroid dienone is 1. The maximum absolute atomic E-state index is 13.8. The number of carbonyl (C=O) groups is 2. The van der Waals surface area contributed by atoms with Crippen LogP contribution in [0.25, 0.3) is 0 Å². The van der Waals surface area contributed by atoms with Crippen LogP contribution in [0.1, 0.15) is 97.5 Å². The van der Waals surface area contributed by atoms with E-state index in [2.05, 4.69) is 38.7 Å². The van der Waals surface area contributed by atoms with Gasteiger partial charge in [0.05, 0.1) is 29.9 Å². The van der Waals surface area contributed by atoms with Crippen LogP contribution in [0.15, 0.2) is 55.3 Å². The van der Waals surface area contributed by atoms with Crippen LogP contribution in [-0.4, -0.2) is 57.1 Å². The Balaban J connectivity index is 1.98. The van der Waals surface area contributed by atoms with Crippen molar-refractivity contribution in [1.82, 2.24) is 15.2 Å². The van der Waals surface area contributed by atoms with Crippen LogP contribution in [-0.2, 0) is 33.3 Å². The standard InChI is InChI=1S/C35H51N3O5/c1-11-13-24-14-12-15-25(20-24)21-27(37-30(40)42-33(5,6)7)28(39)23-38(31(41)43-34(8,9)10)35(17-18-35)29-22-26(16-19-36-29)32(2,3)4/h11-12,14-16,19-20,22,27-28,39H,1,13,17-18,21,23H2,2-10H3,(H,37,40)/t27-,28+/m0/s1. The fourth-order valence-electron chi connectivity index (χ4n) is 5.04. The van der Waals surface area contributed by atoms with Crippen LogP contribution in [0.5, 0.6) is 0 Å². The number of benzene rings is 1. The first-order chi connectivity index (χ1) is 19.8. The zero-order valence-corrected chi connectivity index (χ0v) is 27.5. The van der Waals surface area contributed by atoms with Gasteiger partial charge in [0.15, 0.2) is 0 Å². The number of ether oxygens (including phenoxy) is 2. The average Bonchev–Trinajstić information content (AvgIpc) is 3.66. The molecule has 2 N–H and O–H groups in total. The van der Waals surface area contributed by atoms with Crippen LogP contribution >= 0.6 is 0 Å². The van der Waals surface area contributed by atoms with Crippen LogP contribution < -0.4 is 5.32 Å². The monoisotopic (exact) mass is 593 g/mol. The van der Waals surface area contributed by atoms with Crippen molar-refractivity contribution < 1.29 is 24.2 Å². The van der Waals surface area contributed by atoms with Crippen LogP contribution in [0.2, 0.25) is 0 Å². The highest BCUT2D eigenvalue weighted by Gasteiger charge is 2.55. The van der Waals surface area contributed by atoms with Gasteiger partial charge in [-0.05, 0) is 101 Å². The van der Waals surface area contributed by atoms with Crippen molar-refractivity contribution in [3.8, 4) is 0 Å². The molecular formula is C35H51N3O5. The molecule has 8 heteroatoms. The highest BCUT2D eigenvalue weighted by Crippen LogP contribution is 2.51. The van der Waals surface area contributed by atoms with E-state index in [1.807, 2.05) is 57.2 Å². The summed E-state index contributed by atoms with van der Waals surface area (Å²) in [5.74, 6) is 0. The van der Waals surface area contributed by atoms with Crippen molar-refractivity contribution in [2.45, 2.75) is 122 Å². The van der Waals surface area contributed by atoms with Gasteiger partial charge in [-0.25, -0.2) is 9.59 Å². The molecule has 1 heterocycles. The Morgan fingerprint density at radius 2 is 1.65 bits per heavy atom. The number of carbonyl (C=O) groups excluding carboxylic acids is 2. The minimum atomic E-state index is -1.13. The van der Waals surface area contributed by atoms with E-state index in [9.17, 15) is 14.7 Å². The topological polar surface area (TPSA) is 101 Å². The first kappa shape index (κ1) is 34.1. The zero-order chi connectivity index (χ0) is 32.2. The molecular weight excluding hydrogens is 542 g/mol. The summed E-state index contributed by atoms with van der Waals surface area (Å²) in [6.45, 7) is 21.0. The number of aliphatic hydroxyl groups excluding tert-OH is 1. The Morgan fingerprint density at radius 3 is 2.21 bits per heavy atom. The molecule has 1 aliphatic carbocycles. The number of hydrogen-bond donors (Lipinski definition) is 2. The Kier molecular flexibility index (Phi) is 10.4. The molecule has 0 bridgehead atoms. The minimum Gasteiger partial charge on any atom is -0.444 e. The molecule has 8 nitrogen and oxygen atoms in total. The van der Waals surface area contributed by atoms with E-state index in [-0.39, 0.29) is 12.0 Å². The second kappa shape index (κ2) is 13.1. The molecule has 0 spiro atoms. The molecule has 0 unspecified atom stereocenters. The molecule has 2 atom stereocenters. The molecule has 1 fully saturated rings. The number of nitrogens with one attached hydrogen (secondary N) is 1. The number of pyridine rings is 1. The fourth-order valence-corrected chi connectivity index (χ4v) is 5.04. The Hall–Kier alpha value is -3.39. The zero-order valence-electron chi connectivity index (χ0n) is 27.5. The lowest BCUT2D eigenvalue weighted by Gasteiger charge is -2.37. The highest BCUT2D eigenvalue weighted by molar-refractivity contribution is 5.71. The number of aliphatic hydroxyl groups is 1. The quantitative estimate of drug-likeness (QED) is 0.293. The molecule has 1 saturated carbocycles. The van der Waals surface area contributed by atoms with E-state index < -0.39 is 41.1 Å². The first-order valence-electron chi connectivity index (χ1n) is 15.2. The van der Waals surface area contributed by atoms with Gasteiger partial charge in [0, 0.05) is 6.20 Å². The van der Waals surface area contributed by atoms with Gasteiger partial charge in [0.2, 0.25) is 0 Å². The third-order valence-electron chi connectivity index (χ3n) is 7.32. The molecule has 1 aromatic carbocycles. The number of nitrogens with zero attached hydrogens (tertiary/aromatic N) is 2. The van der Waals surface area contributed by atoms with Crippen molar-refractivity contribution in [3.63, 3.8) is 0 Å². The summed E-state index contributed by atoms with van der Waals surface area (Å²) in [6, 6.07) is 11.3. The normalized spacial score (nSPS) is 16.0. The summed E-state index contributed by atoms with van der Waals surface area (Å²) < 4.78 is 11.4. The number of rotatable bonds is 10. The van der Waals surface area contributed by atoms with Gasteiger partial charge < -0.3 is 19.9 Å². The summed E-state index contributed by atoms with van der Waals surface area (Å²) in [5, 5.41) is 14.7. The lowest BCUT2D eigenvalue weighted by Crippen LogP contribution is -2.54. The maximum atomic E-state index is 13.8. The van der Waals surface area contributed by atoms with E-state index in [0.717, 1.165) is 22.4 Å². The molecule has 2 aromatic rings. The Bertz CT molecular complexity index is 1280. The van der Waals surface area contributed by atoms with Gasteiger partial charge in [-0.2, -0.15) is 0 Å². The van der Waals surface area contributed by atoms with Crippen molar-refractivity contribution in [1.29, 1.82) is 0 Å². The molecule has 1 aromatic heterocycles. The second-order valence-corrected chi connectivity index (χ2v) is 14.6. The molecule has 0 aliphatic heterocycles. The number of aromatic nitrogens is 1. The molecule has 43 heavy (non-hydrogen) atoms. The lowest BCUT2D eigenvalue weighted by molar-refractivity contribution is -0.00725. The smallest absolute Gasteiger partial charge is 0.411 e. The summed E-state index contributed by atoms with van der Waals surface area (Å²) in [4.78, 5) is 33.0. The summed E-state index contributed by atoms with van der Waals surface area (Å²) in [7, 11) is 0. The molecule has 0 saturated heterocycles. The van der Waals surface area contributed by atoms with Crippen molar-refractivity contribution in [2.24, 2.45) is 0 Å². The van der Waals surface area contributed by atoms with Gasteiger partial charge in [-0.3, -0.25) is 9.88 Å². The minimum absolute atomic E-state index is 0.0663. The van der Waals surface area contributed by atoms with Gasteiger partial charge in [-0.15, -0.1) is 6.58 Å². The lowest BCUT2D eigenvalue weighted by atomic mass is 9.86. The molecule has 236 valence electrons. The fraction of sp³-hybridized carbons (Fsp3) is 0.571. The van der Waals surface area contributed by atoms with Crippen LogP contribution in [0, 0.1) is 0 Å². The van der Waals surface area contributed by atoms with Gasteiger partial charge in [0.25, 0.3) is 0 Å². The Morgan fingerprint density at radius 1 is 1.02 bits per heavy atom. The maximum Gasteiger partial charge on any atom is 0.411 e. The highest BCUT2D eigenvalue weighted by atomic mass is 16.6. The van der Waals surface area contributed by atoms with Crippen molar-refractivity contribution in [3.05, 3.63) is 77.6 Å². The second-order valence-electron chi connectivity index (χ2n) is 14.6. The Labute approximate surface area is 257 Å². The van der Waals surface area contributed by atoms with E-state index in [1.165, 1.54) is 0 Å². The third-order valence-corrected chi connectivity index (χ3v) is 7.32. The average molecular weight is 594 g/mol. The number of hydrogen-bond acceptors (Lipinski definition) is 6. The number of amides is 2. The van der Waals surface area contributed by atoms with Gasteiger partial charge in [0.1, 0.15) is 11.2 Å².